The lowest BCUT2D eigenvalue weighted by Crippen LogP contribution is -2.13. The second kappa shape index (κ2) is 5.58. The lowest BCUT2D eigenvalue weighted by molar-refractivity contribution is 0.102. The molecule has 0 saturated heterocycles. The second-order valence-electron chi connectivity index (χ2n) is 4.68. The van der Waals surface area contributed by atoms with Crippen molar-refractivity contribution in [1.82, 2.24) is 14.8 Å². The minimum Gasteiger partial charge on any atom is -0.320 e. The predicted octanol–water partition coefficient (Wildman–Crippen LogP) is 2.83. The first-order valence-electron chi connectivity index (χ1n) is 6.56. The van der Waals surface area contributed by atoms with Crippen LogP contribution < -0.4 is 5.32 Å². The van der Waals surface area contributed by atoms with Crippen molar-refractivity contribution in [2.75, 3.05) is 5.32 Å². The van der Waals surface area contributed by atoms with E-state index in [9.17, 15) is 4.79 Å². The summed E-state index contributed by atoms with van der Waals surface area (Å²) in [6, 6.07) is 14.9. The Morgan fingerprint density at radius 1 is 1.10 bits per heavy atom. The highest BCUT2D eigenvalue weighted by Crippen LogP contribution is 2.19. The Kier molecular flexibility index (Phi) is 3.47. The number of carbonyl (C=O) groups is 1. The zero-order valence-electron chi connectivity index (χ0n) is 11.5. The van der Waals surface area contributed by atoms with E-state index in [1.54, 1.807) is 11.0 Å². The number of aryl methyl sites for hydroxylation is 1. The quantitative estimate of drug-likeness (QED) is 0.801. The van der Waals surface area contributed by atoms with Crippen LogP contribution in [0.3, 0.4) is 0 Å². The van der Waals surface area contributed by atoms with Crippen LogP contribution in [0.4, 0.5) is 5.69 Å². The lowest BCUT2D eigenvalue weighted by atomic mass is 10.1. The normalized spacial score (nSPS) is 10.3. The molecule has 0 bridgehead atoms. The van der Waals surface area contributed by atoms with Crippen LogP contribution in [0, 0.1) is 6.92 Å². The van der Waals surface area contributed by atoms with Crippen molar-refractivity contribution in [2.45, 2.75) is 6.92 Å². The summed E-state index contributed by atoms with van der Waals surface area (Å²) >= 11 is 0. The van der Waals surface area contributed by atoms with E-state index in [0.29, 0.717) is 11.3 Å². The molecule has 5 heteroatoms. The van der Waals surface area contributed by atoms with Crippen LogP contribution in [0.25, 0.3) is 5.69 Å². The minimum absolute atomic E-state index is 0.150. The smallest absolute Gasteiger partial charge is 0.255 e. The highest BCUT2D eigenvalue weighted by atomic mass is 16.1. The number of rotatable bonds is 3. The van der Waals surface area contributed by atoms with Gasteiger partial charge in [0, 0.05) is 5.56 Å². The zero-order chi connectivity index (χ0) is 14.7. The van der Waals surface area contributed by atoms with Crippen LogP contribution >= 0.6 is 0 Å². The number of aromatic nitrogens is 3. The molecule has 0 radical (unpaired) electrons. The maximum absolute atomic E-state index is 12.3. The summed E-state index contributed by atoms with van der Waals surface area (Å²) in [5.74, 6) is -0.150. The second-order valence-corrected chi connectivity index (χ2v) is 4.68. The first-order chi connectivity index (χ1) is 10.2. The van der Waals surface area contributed by atoms with E-state index in [0.717, 1.165) is 11.3 Å². The van der Waals surface area contributed by atoms with Gasteiger partial charge in [-0.05, 0) is 31.2 Å². The number of nitrogens with zero attached hydrogens (tertiary/aromatic N) is 3. The Bertz CT molecular complexity index is 748. The molecular formula is C16H14N4O. The van der Waals surface area contributed by atoms with Crippen molar-refractivity contribution in [3.05, 3.63) is 72.3 Å². The first kappa shape index (κ1) is 13.1. The number of benzene rings is 2. The summed E-state index contributed by atoms with van der Waals surface area (Å²) in [7, 11) is 0. The third-order valence-electron chi connectivity index (χ3n) is 3.13. The molecule has 0 spiro atoms. The number of amides is 1. The van der Waals surface area contributed by atoms with Crippen LogP contribution in [0.2, 0.25) is 0 Å². The fourth-order valence-electron chi connectivity index (χ4n) is 2.01. The summed E-state index contributed by atoms with van der Waals surface area (Å²) < 4.78 is 1.62. The molecule has 0 aliphatic heterocycles. The van der Waals surface area contributed by atoms with Gasteiger partial charge in [-0.2, -0.15) is 5.10 Å². The maximum atomic E-state index is 12.3. The van der Waals surface area contributed by atoms with Crippen molar-refractivity contribution in [3.63, 3.8) is 0 Å². The van der Waals surface area contributed by atoms with Gasteiger partial charge in [0.2, 0.25) is 0 Å². The average molecular weight is 278 g/mol. The molecule has 0 aliphatic carbocycles. The van der Waals surface area contributed by atoms with Gasteiger partial charge in [0.15, 0.2) is 0 Å². The lowest BCUT2D eigenvalue weighted by Gasteiger charge is -2.10. The van der Waals surface area contributed by atoms with E-state index < -0.39 is 0 Å². The van der Waals surface area contributed by atoms with Crippen molar-refractivity contribution in [3.8, 4) is 5.69 Å². The van der Waals surface area contributed by atoms with Gasteiger partial charge in [-0.3, -0.25) is 4.79 Å². The van der Waals surface area contributed by atoms with Gasteiger partial charge in [-0.25, -0.2) is 9.67 Å². The van der Waals surface area contributed by atoms with E-state index in [-0.39, 0.29) is 5.91 Å². The summed E-state index contributed by atoms with van der Waals surface area (Å²) in [5.41, 5.74) is 3.20. The number of hydrogen-bond acceptors (Lipinski definition) is 3. The summed E-state index contributed by atoms with van der Waals surface area (Å²) in [5, 5.41) is 7.00. The Balaban J connectivity index is 1.88. The number of nitrogens with one attached hydrogen (secondary N) is 1. The van der Waals surface area contributed by atoms with Gasteiger partial charge in [0.25, 0.3) is 5.91 Å². The van der Waals surface area contributed by atoms with Crippen molar-refractivity contribution >= 4 is 11.6 Å². The number of hydrogen-bond donors (Lipinski definition) is 1. The van der Waals surface area contributed by atoms with E-state index in [1.165, 1.54) is 6.33 Å². The van der Waals surface area contributed by atoms with Crippen molar-refractivity contribution in [2.24, 2.45) is 0 Å². The van der Waals surface area contributed by atoms with Crippen LogP contribution in [0.1, 0.15) is 15.9 Å². The zero-order valence-corrected chi connectivity index (χ0v) is 11.5. The van der Waals surface area contributed by atoms with Gasteiger partial charge in [0.05, 0.1) is 11.4 Å². The fourth-order valence-corrected chi connectivity index (χ4v) is 2.01. The predicted molar refractivity (Wildman–Crippen MR) is 80.5 cm³/mol. The fraction of sp³-hybridized carbons (Fsp3) is 0.0625. The number of anilines is 1. The monoisotopic (exact) mass is 278 g/mol. The van der Waals surface area contributed by atoms with Gasteiger partial charge in [-0.1, -0.05) is 29.8 Å². The molecule has 104 valence electrons. The molecule has 0 atom stereocenters. The van der Waals surface area contributed by atoms with Crippen LogP contribution in [-0.4, -0.2) is 20.7 Å². The van der Waals surface area contributed by atoms with Gasteiger partial charge in [-0.15, -0.1) is 0 Å². The highest BCUT2D eigenvalue weighted by Gasteiger charge is 2.10. The molecule has 3 aromatic rings. The molecule has 3 rings (SSSR count). The molecule has 5 nitrogen and oxygen atoms in total. The molecule has 1 heterocycles. The molecule has 2 aromatic carbocycles. The summed E-state index contributed by atoms with van der Waals surface area (Å²) in [6.07, 6.45) is 3.05. The molecular weight excluding hydrogens is 264 g/mol. The Morgan fingerprint density at radius 2 is 1.86 bits per heavy atom. The molecule has 0 saturated carbocycles. The third-order valence-corrected chi connectivity index (χ3v) is 3.13. The Morgan fingerprint density at radius 3 is 2.57 bits per heavy atom. The van der Waals surface area contributed by atoms with Gasteiger partial charge in [0.1, 0.15) is 12.7 Å². The van der Waals surface area contributed by atoms with E-state index in [1.807, 2.05) is 55.5 Å². The topological polar surface area (TPSA) is 59.8 Å². The standard InChI is InChI=1S/C16H14N4O/c1-12-6-8-13(9-7-12)16(21)19-14-4-2-3-5-15(14)20-11-17-10-18-20/h2-11H,1H3,(H,19,21). The van der Waals surface area contributed by atoms with Gasteiger partial charge < -0.3 is 5.32 Å². The molecule has 21 heavy (non-hydrogen) atoms. The number of carbonyl (C=O) groups excluding carboxylic acids is 1. The van der Waals surface area contributed by atoms with E-state index in [2.05, 4.69) is 15.4 Å². The molecule has 1 N–H and O–H groups in total. The molecule has 0 unspecified atom stereocenters. The van der Waals surface area contributed by atoms with Crippen LogP contribution in [0.5, 0.6) is 0 Å². The van der Waals surface area contributed by atoms with Crippen LogP contribution in [0.15, 0.2) is 61.2 Å². The number of para-hydroxylation sites is 2. The van der Waals surface area contributed by atoms with Crippen molar-refractivity contribution in [1.29, 1.82) is 0 Å². The first-order valence-corrected chi connectivity index (χ1v) is 6.56. The average Bonchev–Trinajstić information content (AvgIpc) is 3.02. The molecule has 0 aliphatic rings. The molecule has 1 aromatic heterocycles. The van der Waals surface area contributed by atoms with Crippen molar-refractivity contribution < 1.29 is 4.79 Å². The highest BCUT2D eigenvalue weighted by molar-refractivity contribution is 6.05. The molecule has 1 amide bonds. The van der Waals surface area contributed by atoms with Gasteiger partial charge >= 0.3 is 0 Å². The maximum Gasteiger partial charge on any atom is 0.255 e. The molecule has 0 fully saturated rings. The van der Waals surface area contributed by atoms with E-state index in [4.69, 9.17) is 0 Å². The van der Waals surface area contributed by atoms with E-state index >= 15 is 0 Å². The Labute approximate surface area is 122 Å². The minimum atomic E-state index is -0.150. The third kappa shape index (κ3) is 2.81. The largest absolute Gasteiger partial charge is 0.320 e. The van der Waals surface area contributed by atoms with Crippen LogP contribution in [-0.2, 0) is 0 Å². The summed E-state index contributed by atoms with van der Waals surface area (Å²) in [4.78, 5) is 16.2. The Hall–Kier alpha value is -2.95. The SMILES string of the molecule is Cc1ccc(C(=O)Nc2ccccc2-n2cncn2)cc1. The summed E-state index contributed by atoms with van der Waals surface area (Å²) in [6.45, 7) is 1.99.